The summed E-state index contributed by atoms with van der Waals surface area (Å²) in [5.74, 6) is -1.48. The number of H-pyrrole nitrogens is 1. The van der Waals surface area contributed by atoms with Crippen LogP contribution in [0.3, 0.4) is 0 Å². The number of halogens is 3. The first kappa shape index (κ1) is 15.8. The molecule has 0 aliphatic carbocycles. The fourth-order valence-corrected chi connectivity index (χ4v) is 1.54. The Balaban J connectivity index is 0.000000246. The number of aliphatic carboxylic acids is 1. The molecule has 0 amide bonds. The van der Waals surface area contributed by atoms with Crippen LogP contribution in [0.25, 0.3) is 0 Å². The minimum Gasteiger partial charge on any atom is -0.475 e. The van der Waals surface area contributed by atoms with Crippen LogP contribution in [0, 0.1) is 5.92 Å². The van der Waals surface area contributed by atoms with Gasteiger partial charge in [0.05, 0.1) is 5.56 Å². The van der Waals surface area contributed by atoms with Crippen LogP contribution in [-0.2, 0) is 11.2 Å². The van der Waals surface area contributed by atoms with E-state index in [1.807, 2.05) is 0 Å². The number of aromatic amines is 1. The van der Waals surface area contributed by atoms with E-state index in [4.69, 9.17) is 15.6 Å². The number of carbonyl (C=O) groups is 1. The summed E-state index contributed by atoms with van der Waals surface area (Å²) in [6.45, 7) is 2.94. The highest BCUT2D eigenvalue weighted by Gasteiger charge is 2.38. The average molecular weight is 294 g/mol. The molecule has 20 heavy (non-hydrogen) atoms. The molecule has 0 saturated carbocycles. The summed E-state index contributed by atoms with van der Waals surface area (Å²) < 4.78 is 31.7. The van der Waals surface area contributed by atoms with Crippen LogP contribution in [0.1, 0.15) is 12.5 Å². The van der Waals surface area contributed by atoms with E-state index in [9.17, 15) is 18.0 Å². The smallest absolute Gasteiger partial charge is 0.475 e. The molecule has 5 N–H and O–H groups in total. The molecule has 1 atom stereocenters. The maximum Gasteiger partial charge on any atom is 0.490 e. The molecule has 0 bridgehead atoms. The van der Waals surface area contributed by atoms with Gasteiger partial charge in [0, 0.05) is 6.54 Å². The van der Waals surface area contributed by atoms with Gasteiger partial charge >= 0.3 is 12.1 Å². The van der Waals surface area contributed by atoms with Gasteiger partial charge in [-0.1, -0.05) is 6.92 Å². The number of nitrogens with one attached hydrogen (secondary N) is 2. The number of nitrogen functional groups attached to an aromatic ring is 1. The molecule has 10 heteroatoms. The maximum absolute atomic E-state index is 11.4. The molecule has 0 saturated heterocycles. The third-order valence-corrected chi connectivity index (χ3v) is 2.45. The minimum atomic E-state index is -5.08. The number of rotatable bonds is 0. The highest BCUT2D eigenvalue weighted by atomic mass is 19.4. The van der Waals surface area contributed by atoms with E-state index in [0.29, 0.717) is 17.3 Å². The SMILES string of the molecule is CC1CNc2nc(N)[nH]c(=O)c2C1.O=C(O)C(F)(F)F. The normalized spacial score (nSPS) is 17.3. The van der Waals surface area contributed by atoms with Gasteiger partial charge in [0.15, 0.2) is 0 Å². The first-order chi connectivity index (χ1) is 9.11. The number of aromatic nitrogens is 2. The van der Waals surface area contributed by atoms with Crippen molar-refractivity contribution >= 4 is 17.7 Å². The highest BCUT2D eigenvalue weighted by molar-refractivity contribution is 5.73. The number of fused-ring (bicyclic) bond motifs is 1. The van der Waals surface area contributed by atoms with Gasteiger partial charge in [-0.2, -0.15) is 18.2 Å². The number of nitrogens with zero attached hydrogens (tertiary/aromatic N) is 1. The summed E-state index contributed by atoms with van der Waals surface area (Å²) in [5.41, 5.74) is 6.00. The molecule has 0 spiro atoms. The third-order valence-electron chi connectivity index (χ3n) is 2.45. The molecule has 2 heterocycles. The van der Waals surface area contributed by atoms with Crippen LogP contribution < -0.4 is 16.6 Å². The lowest BCUT2D eigenvalue weighted by Gasteiger charge is -2.21. The molecule has 1 aromatic rings. The van der Waals surface area contributed by atoms with Crippen LogP contribution in [0.15, 0.2) is 4.79 Å². The summed E-state index contributed by atoms with van der Waals surface area (Å²) in [6, 6.07) is 0. The fourth-order valence-electron chi connectivity index (χ4n) is 1.54. The van der Waals surface area contributed by atoms with Crippen molar-refractivity contribution in [3.63, 3.8) is 0 Å². The standard InChI is InChI=1S/C8H12N4O.C2HF3O2/c1-4-2-5-6(10-3-4)11-8(9)12-7(5)13;3-2(4,5)1(6)7/h4H,2-3H2,1H3,(H4,9,10,11,12,13);(H,6,7). The highest BCUT2D eigenvalue weighted by Crippen LogP contribution is 2.18. The molecular formula is C10H13F3N4O3. The van der Waals surface area contributed by atoms with Crippen molar-refractivity contribution in [1.29, 1.82) is 0 Å². The first-order valence-electron chi connectivity index (χ1n) is 5.54. The predicted molar refractivity (Wildman–Crippen MR) is 64.3 cm³/mol. The number of alkyl halides is 3. The predicted octanol–water partition coefficient (Wildman–Crippen LogP) is 0.589. The van der Waals surface area contributed by atoms with Gasteiger partial charge in [0.25, 0.3) is 5.56 Å². The Morgan fingerprint density at radius 3 is 2.55 bits per heavy atom. The van der Waals surface area contributed by atoms with E-state index < -0.39 is 12.1 Å². The molecule has 1 aliphatic rings. The Labute approximate surface area is 111 Å². The second kappa shape index (κ2) is 5.80. The van der Waals surface area contributed by atoms with Crippen LogP contribution in [0.5, 0.6) is 0 Å². The molecule has 7 nitrogen and oxygen atoms in total. The zero-order valence-corrected chi connectivity index (χ0v) is 10.4. The van der Waals surface area contributed by atoms with Gasteiger partial charge in [-0.3, -0.25) is 9.78 Å². The topological polar surface area (TPSA) is 121 Å². The van der Waals surface area contributed by atoms with Crippen LogP contribution in [-0.4, -0.2) is 33.8 Å². The molecule has 112 valence electrons. The van der Waals surface area contributed by atoms with Crippen molar-refractivity contribution in [1.82, 2.24) is 9.97 Å². The van der Waals surface area contributed by atoms with Gasteiger partial charge < -0.3 is 16.2 Å². The Hall–Kier alpha value is -2.26. The number of carboxylic acid groups (broad SMARTS) is 1. The monoisotopic (exact) mass is 294 g/mol. The second-order valence-corrected chi connectivity index (χ2v) is 4.27. The maximum atomic E-state index is 11.4. The molecule has 0 radical (unpaired) electrons. The largest absolute Gasteiger partial charge is 0.490 e. The third kappa shape index (κ3) is 4.14. The Morgan fingerprint density at radius 1 is 1.50 bits per heavy atom. The molecule has 1 unspecified atom stereocenters. The molecular weight excluding hydrogens is 281 g/mol. The van der Waals surface area contributed by atoms with Gasteiger partial charge in [-0.05, 0) is 12.3 Å². The molecule has 0 fully saturated rings. The van der Waals surface area contributed by atoms with Gasteiger partial charge in [0.1, 0.15) is 5.82 Å². The number of anilines is 2. The molecule has 2 rings (SSSR count). The second-order valence-electron chi connectivity index (χ2n) is 4.27. The first-order valence-corrected chi connectivity index (χ1v) is 5.54. The summed E-state index contributed by atoms with van der Waals surface area (Å²) in [4.78, 5) is 26.8. The van der Waals surface area contributed by atoms with Crippen LogP contribution >= 0.6 is 0 Å². The van der Waals surface area contributed by atoms with Gasteiger partial charge in [-0.25, -0.2) is 4.79 Å². The number of hydrogen-bond donors (Lipinski definition) is 4. The van der Waals surface area contributed by atoms with Crippen molar-refractivity contribution in [3.05, 3.63) is 15.9 Å². The quantitative estimate of drug-likeness (QED) is 0.555. The lowest BCUT2D eigenvalue weighted by atomic mass is 9.99. The van der Waals surface area contributed by atoms with E-state index in [-0.39, 0.29) is 11.5 Å². The number of nitrogens with two attached hydrogens (primary N) is 1. The molecule has 1 aliphatic heterocycles. The van der Waals surface area contributed by atoms with Crippen LogP contribution in [0.4, 0.5) is 24.9 Å². The fraction of sp³-hybridized carbons (Fsp3) is 0.500. The zero-order chi connectivity index (χ0) is 15.5. The van der Waals surface area contributed by atoms with E-state index in [1.54, 1.807) is 0 Å². The molecule has 1 aromatic heterocycles. The lowest BCUT2D eigenvalue weighted by Crippen LogP contribution is -2.29. The van der Waals surface area contributed by atoms with E-state index in [2.05, 4.69) is 22.2 Å². The van der Waals surface area contributed by atoms with Crippen molar-refractivity contribution in [3.8, 4) is 0 Å². The number of carboxylic acids is 1. The number of hydrogen-bond acceptors (Lipinski definition) is 5. The Bertz CT molecular complexity index is 556. The van der Waals surface area contributed by atoms with E-state index >= 15 is 0 Å². The molecule has 0 aromatic carbocycles. The van der Waals surface area contributed by atoms with Gasteiger partial charge in [0.2, 0.25) is 5.95 Å². The Kier molecular flexibility index (Phi) is 4.58. The van der Waals surface area contributed by atoms with Crippen LogP contribution in [0.2, 0.25) is 0 Å². The van der Waals surface area contributed by atoms with Crippen molar-refractivity contribution in [2.75, 3.05) is 17.6 Å². The minimum absolute atomic E-state index is 0.124. The summed E-state index contributed by atoms with van der Waals surface area (Å²) in [5, 5.41) is 10.2. The lowest BCUT2D eigenvalue weighted by molar-refractivity contribution is -0.192. The van der Waals surface area contributed by atoms with E-state index in [1.165, 1.54) is 0 Å². The van der Waals surface area contributed by atoms with Crippen molar-refractivity contribution < 1.29 is 23.1 Å². The van der Waals surface area contributed by atoms with E-state index in [0.717, 1.165) is 13.0 Å². The zero-order valence-electron chi connectivity index (χ0n) is 10.4. The summed E-state index contributed by atoms with van der Waals surface area (Å²) in [6.07, 6.45) is -4.31. The summed E-state index contributed by atoms with van der Waals surface area (Å²) in [7, 11) is 0. The van der Waals surface area contributed by atoms with Crippen molar-refractivity contribution in [2.45, 2.75) is 19.5 Å². The summed E-state index contributed by atoms with van der Waals surface area (Å²) >= 11 is 0. The van der Waals surface area contributed by atoms with Gasteiger partial charge in [-0.15, -0.1) is 0 Å². The van der Waals surface area contributed by atoms with Crippen molar-refractivity contribution in [2.24, 2.45) is 5.92 Å². The average Bonchev–Trinajstić information content (AvgIpc) is 2.29. The Morgan fingerprint density at radius 2 is 2.05 bits per heavy atom.